The summed E-state index contributed by atoms with van der Waals surface area (Å²) in [6, 6.07) is 15.6. The molecule has 0 aliphatic heterocycles. The maximum Gasteiger partial charge on any atom is 0.160 e. The zero-order chi connectivity index (χ0) is 18.1. The number of hydrogen-bond acceptors (Lipinski definition) is 4. The Morgan fingerprint density at radius 2 is 1.88 bits per heavy atom. The van der Waals surface area contributed by atoms with E-state index in [4.69, 9.17) is 16.9 Å². The van der Waals surface area contributed by atoms with Crippen molar-refractivity contribution in [3.05, 3.63) is 77.5 Å². The minimum Gasteiger partial charge on any atom is -0.256 e. The first-order chi connectivity index (χ1) is 12.7. The van der Waals surface area contributed by atoms with Gasteiger partial charge in [-0.3, -0.25) is 4.98 Å². The van der Waals surface area contributed by atoms with Gasteiger partial charge < -0.3 is 0 Å². The number of pyridine rings is 3. The predicted octanol–water partition coefficient (Wildman–Crippen LogP) is 5.02. The van der Waals surface area contributed by atoms with E-state index in [1.807, 2.05) is 30.3 Å². The van der Waals surface area contributed by atoms with Crippen molar-refractivity contribution in [2.75, 3.05) is 0 Å². The maximum atomic E-state index is 13.5. The number of hydrogen-bond donors (Lipinski definition) is 0. The van der Waals surface area contributed by atoms with Crippen LogP contribution in [0, 0.1) is 17.1 Å². The number of benzene rings is 1. The summed E-state index contributed by atoms with van der Waals surface area (Å²) in [6.07, 6.45) is 3.35. The maximum absolute atomic E-state index is 13.5. The molecule has 0 aliphatic rings. The highest BCUT2D eigenvalue weighted by Crippen LogP contribution is 2.32. The fourth-order valence-electron chi connectivity index (χ4n) is 2.73. The molecule has 4 aromatic rings. The van der Waals surface area contributed by atoms with Crippen molar-refractivity contribution in [3.8, 4) is 28.5 Å². The topological polar surface area (TPSA) is 62.5 Å². The van der Waals surface area contributed by atoms with Gasteiger partial charge in [0.1, 0.15) is 17.6 Å². The number of nitriles is 1. The van der Waals surface area contributed by atoms with Gasteiger partial charge in [0, 0.05) is 34.5 Å². The molecule has 0 amide bonds. The summed E-state index contributed by atoms with van der Waals surface area (Å²) in [7, 11) is 0. The summed E-state index contributed by atoms with van der Waals surface area (Å²) in [5.41, 5.74) is 3.90. The van der Waals surface area contributed by atoms with Gasteiger partial charge in [0.2, 0.25) is 0 Å². The van der Waals surface area contributed by atoms with Gasteiger partial charge in [0.15, 0.2) is 5.65 Å². The van der Waals surface area contributed by atoms with E-state index in [1.165, 1.54) is 6.07 Å². The largest absolute Gasteiger partial charge is 0.256 e. The molecule has 1 aromatic carbocycles. The van der Waals surface area contributed by atoms with Crippen molar-refractivity contribution in [2.45, 2.75) is 0 Å². The third-order valence-electron chi connectivity index (χ3n) is 3.97. The van der Waals surface area contributed by atoms with Crippen molar-refractivity contribution in [1.82, 2.24) is 15.0 Å². The summed E-state index contributed by atoms with van der Waals surface area (Å²) >= 11 is 5.92. The van der Waals surface area contributed by atoms with Crippen LogP contribution in [0.3, 0.4) is 0 Å². The minimum absolute atomic E-state index is 0.0453. The van der Waals surface area contributed by atoms with Gasteiger partial charge in [-0.2, -0.15) is 5.26 Å². The monoisotopic (exact) mass is 360 g/mol. The summed E-state index contributed by atoms with van der Waals surface area (Å²) in [6.45, 7) is 0. The van der Waals surface area contributed by atoms with Crippen molar-refractivity contribution >= 4 is 22.6 Å². The van der Waals surface area contributed by atoms with Gasteiger partial charge >= 0.3 is 0 Å². The Hall–Kier alpha value is -3.36. The van der Waals surface area contributed by atoms with Crippen LogP contribution in [0.15, 0.2) is 60.9 Å². The third kappa shape index (κ3) is 2.87. The lowest BCUT2D eigenvalue weighted by molar-refractivity contribution is 0.628. The lowest BCUT2D eigenvalue weighted by Crippen LogP contribution is -1.92. The highest BCUT2D eigenvalue weighted by molar-refractivity contribution is 6.31. The summed E-state index contributed by atoms with van der Waals surface area (Å²) in [5, 5.41) is 9.81. The van der Waals surface area contributed by atoms with Gasteiger partial charge in [-0.1, -0.05) is 17.7 Å². The van der Waals surface area contributed by atoms with Crippen LogP contribution in [0.1, 0.15) is 5.69 Å². The number of aromatic nitrogens is 3. The molecule has 0 radical (unpaired) electrons. The van der Waals surface area contributed by atoms with Gasteiger partial charge in [0.05, 0.1) is 10.7 Å². The molecule has 6 heteroatoms. The quantitative estimate of drug-likeness (QED) is 0.503. The summed E-state index contributed by atoms with van der Waals surface area (Å²) in [4.78, 5) is 13.0. The molecule has 0 spiro atoms. The highest BCUT2D eigenvalue weighted by Gasteiger charge is 2.12. The number of rotatable bonds is 2. The lowest BCUT2D eigenvalue weighted by atomic mass is 10.00. The van der Waals surface area contributed by atoms with E-state index < -0.39 is 5.82 Å². The molecule has 0 N–H and O–H groups in total. The molecule has 0 saturated heterocycles. The predicted molar refractivity (Wildman–Crippen MR) is 97.9 cm³/mol. The molecular weight excluding hydrogens is 351 g/mol. The SMILES string of the molecule is N#Cc1ccc2cc(-c3cccnc3-c3ccc(F)c(Cl)c3)cnc2n1. The number of halogens is 2. The van der Waals surface area contributed by atoms with E-state index in [0.717, 1.165) is 16.5 Å². The van der Waals surface area contributed by atoms with Crippen molar-refractivity contribution in [3.63, 3.8) is 0 Å². The molecular formula is C20H10ClFN4. The van der Waals surface area contributed by atoms with Crippen LogP contribution < -0.4 is 0 Å². The molecule has 26 heavy (non-hydrogen) atoms. The second-order valence-electron chi connectivity index (χ2n) is 5.61. The van der Waals surface area contributed by atoms with E-state index in [0.29, 0.717) is 22.6 Å². The van der Waals surface area contributed by atoms with Gasteiger partial charge in [-0.25, -0.2) is 14.4 Å². The average molecular weight is 361 g/mol. The molecule has 0 saturated carbocycles. The van der Waals surface area contributed by atoms with Crippen LogP contribution in [0.4, 0.5) is 4.39 Å². The molecule has 0 unspecified atom stereocenters. The Labute approximate surface area is 153 Å². The standard InChI is InChI=1S/C20H10ClFN4/c21-17-9-12(4-6-18(17)22)19-16(2-1-7-24-19)14-8-13-3-5-15(10-23)26-20(13)25-11-14/h1-9,11H. The van der Waals surface area contributed by atoms with Gasteiger partial charge in [-0.05, 0) is 42.5 Å². The molecule has 0 atom stereocenters. The summed E-state index contributed by atoms with van der Waals surface area (Å²) in [5.74, 6) is -0.473. The zero-order valence-corrected chi connectivity index (χ0v) is 14.1. The van der Waals surface area contributed by atoms with Gasteiger partial charge in [0.25, 0.3) is 0 Å². The molecule has 4 nitrogen and oxygen atoms in total. The summed E-state index contributed by atoms with van der Waals surface area (Å²) < 4.78 is 13.5. The molecule has 0 bridgehead atoms. The number of nitrogens with zero attached hydrogens (tertiary/aromatic N) is 4. The second-order valence-corrected chi connectivity index (χ2v) is 6.01. The first kappa shape index (κ1) is 16.1. The molecule has 0 aliphatic carbocycles. The molecule has 0 fully saturated rings. The zero-order valence-electron chi connectivity index (χ0n) is 13.3. The van der Waals surface area contributed by atoms with E-state index in [9.17, 15) is 4.39 Å². The molecule has 3 heterocycles. The fraction of sp³-hybridized carbons (Fsp3) is 0. The Bertz CT molecular complexity index is 1180. The number of fused-ring (bicyclic) bond motifs is 1. The minimum atomic E-state index is -0.473. The molecule has 4 rings (SSSR count). The first-order valence-electron chi connectivity index (χ1n) is 7.73. The van der Waals surface area contributed by atoms with E-state index >= 15 is 0 Å². The van der Waals surface area contributed by atoms with Crippen LogP contribution >= 0.6 is 11.6 Å². The molecule has 124 valence electrons. The van der Waals surface area contributed by atoms with Crippen LogP contribution in [0.25, 0.3) is 33.4 Å². The molecule has 3 aromatic heterocycles. The Balaban J connectivity index is 1.87. The first-order valence-corrected chi connectivity index (χ1v) is 8.11. The average Bonchev–Trinajstić information content (AvgIpc) is 2.69. The highest BCUT2D eigenvalue weighted by atomic mass is 35.5. The van der Waals surface area contributed by atoms with Gasteiger partial charge in [-0.15, -0.1) is 0 Å². The van der Waals surface area contributed by atoms with E-state index in [2.05, 4.69) is 15.0 Å². The third-order valence-corrected chi connectivity index (χ3v) is 4.26. The van der Waals surface area contributed by atoms with E-state index in [-0.39, 0.29) is 5.02 Å². The smallest absolute Gasteiger partial charge is 0.160 e. The lowest BCUT2D eigenvalue weighted by Gasteiger charge is -2.10. The van der Waals surface area contributed by atoms with Crippen LogP contribution in [-0.4, -0.2) is 15.0 Å². The van der Waals surface area contributed by atoms with E-state index in [1.54, 1.807) is 30.6 Å². The Kier molecular flexibility index (Phi) is 4.04. The second kappa shape index (κ2) is 6.51. The van der Waals surface area contributed by atoms with Crippen molar-refractivity contribution in [1.29, 1.82) is 5.26 Å². The fourth-order valence-corrected chi connectivity index (χ4v) is 2.91. The van der Waals surface area contributed by atoms with Crippen LogP contribution in [-0.2, 0) is 0 Å². The Morgan fingerprint density at radius 1 is 1.00 bits per heavy atom. The van der Waals surface area contributed by atoms with Crippen LogP contribution in [0.2, 0.25) is 5.02 Å². The Morgan fingerprint density at radius 3 is 2.69 bits per heavy atom. The normalized spacial score (nSPS) is 10.7. The van der Waals surface area contributed by atoms with Crippen molar-refractivity contribution < 1.29 is 4.39 Å². The van der Waals surface area contributed by atoms with Crippen LogP contribution in [0.5, 0.6) is 0 Å². The van der Waals surface area contributed by atoms with Crippen molar-refractivity contribution in [2.24, 2.45) is 0 Å².